The van der Waals surface area contributed by atoms with Gasteiger partial charge in [-0.2, -0.15) is 0 Å². The van der Waals surface area contributed by atoms with Gasteiger partial charge >= 0.3 is 5.97 Å². The SMILES string of the molecule is COc1cc(OC)c(OC)cc1/C=C/C(=O)OC(C)C(=O)N1CCCCCC1. The summed E-state index contributed by atoms with van der Waals surface area (Å²) in [6.07, 6.45) is 6.27. The maximum absolute atomic E-state index is 12.5. The summed E-state index contributed by atoms with van der Waals surface area (Å²) in [5.74, 6) is 0.826. The van der Waals surface area contributed by atoms with Crippen molar-refractivity contribution in [1.29, 1.82) is 0 Å². The van der Waals surface area contributed by atoms with Gasteiger partial charge in [-0.15, -0.1) is 0 Å². The van der Waals surface area contributed by atoms with Gasteiger partial charge in [-0.1, -0.05) is 12.8 Å². The zero-order chi connectivity index (χ0) is 20.5. The lowest BCUT2D eigenvalue weighted by molar-refractivity contribution is -0.155. The summed E-state index contributed by atoms with van der Waals surface area (Å²) in [5, 5.41) is 0. The van der Waals surface area contributed by atoms with Crippen molar-refractivity contribution in [3.05, 3.63) is 23.8 Å². The largest absolute Gasteiger partial charge is 0.496 e. The van der Waals surface area contributed by atoms with Crippen molar-refractivity contribution >= 4 is 18.0 Å². The normalized spacial score (nSPS) is 15.6. The van der Waals surface area contributed by atoms with Gasteiger partial charge in [0.25, 0.3) is 5.91 Å². The van der Waals surface area contributed by atoms with Crippen LogP contribution < -0.4 is 14.2 Å². The minimum atomic E-state index is -0.817. The van der Waals surface area contributed by atoms with Crippen LogP contribution in [0.3, 0.4) is 0 Å². The predicted molar refractivity (Wildman–Crippen MR) is 106 cm³/mol. The van der Waals surface area contributed by atoms with E-state index in [1.807, 2.05) is 0 Å². The van der Waals surface area contributed by atoms with E-state index in [0.717, 1.165) is 38.8 Å². The lowest BCUT2D eigenvalue weighted by Crippen LogP contribution is -2.40. The fourth-order valence-corrected chi connectivity index (χ4v) is 3.15. The Hall–Kier alpha value is -2.70. The number of carbonyl (C=O) groups excluding carboxylic acids is 2. The van der Waals surface area contributed by atoms with E-state index in [4.69, 9.17) is 18.9 Å². The highest BCUT2D eigenvalue weighted by Crippen LogP contribution is 2.35. The highest BCUT2D eigenvalue weighted by Gasteiger charge is 2.23. The number of hydrogen-bond acceptors (Lipinski definition) is 6. The number of likely N-dealkylation sites (tertiary alicyclic amines) is 1. The van der Waals surface area contributed by atoms with Crippen molar-refractivity contribution < 1.29 is 28.5 Å². The Labute approximate surface area is 166 Å². The van der Waals surface area contributed by atoms with Crippen molar-refractivity contribution in [2.75, 3.05) is 34.4 Å². The molecule has 1 aromatic rings. The molecule has 28 heavy (non-hydrogen) atoms. The molecule has 0 bridgehead atoms. The molecule has 1 aromatic carbocycles. The number of ether oxygens (including phenoxy) is 4. The molecule has 2 rings (SSSR count). The van der Waals surface area contributed by atoms with E-state index in [9.17, 15) is 9.59 Å². The van der Waals surface area contributed by atoms with Gasteiger partial charge in [0.1, 0.15) is 5.75 Å². The third kappa shape index (κ3) is 5.65. The molecule has 0 saturated carbocycles. The Bertz CT molecular complexity index is 707. The molecule has 1 aliphatic heterocycles. The number of hydrogen-bond donors (Lipinski definition) is 0. The van der Waals surface area contributed by atoms with Crippen LogP contribution in [0.5, 0.6) is 17.2 Å². The first-order valence-corrected chi connectivity index (χ1v) is 9.47. The Balaban J connectivity index is 2.03. The van der Waals surface area contributed by atoms with Crippen molar-refractivity contribution in [1.82, 2.24) is 4.90 Å². The van der Waals surface area contributed by atoms with Crippen molar-refractivity contribution in [3.8, 4) is 17.2 Å². The summed E-state index contributed by atoms with van der Waals surface area (Å²) in [7, 11) is 4.59. The molecular weight excluding hydrogens is 362 g/mol. The molecule has 1 saturated heterocycles. The van der Waals surface area contributed by atoms with E-state index in [-0.39, 0.29) is 5.91 Å². The summed E-state index contributed by atoms with van der Waals surface area (Å²) >= 11 is 0. The Kier molecular flexibility index (Phi) is 8.17. The van der Waals surface area contributed by atoms with Gasteiger partial charge in [0.05, 0.1) is 21.3 Å². The highest BCUT2D eigenvalue weighted by molar-refractivity contribution is 5.91. The molecular formula is C21H29NO6. The van der Waals surface area contributed by atoms with Gasteiger partial charge in [-0.05, 0) is 31.9 Å². The number of benzene rings is 1. The molecule has 0 radical (unpaired) electrons. The van der Waals surface area contributed by atoms with Crippen molar-refractivity contribution in [3.63, 3.8) is 0 Å². The quantitative estimate of drug-likeness (QED) is 0.525. The van der Waals surface area contributed by atoms with Crippen molar-refractivity contribution in [2.45, 2.75) is 38.7 Å². The molecule has 1 fully saturated rings. The minimum absolute atomic E-state index is 0.146. The van der Waals surface area contributed by atoms with Gasteiger partial charge in [0.15, 0.2) is 17.6 Å². The van der Waals surface area contributed by atoms with Crippen LogP contribution in [0.1, 0.15) is 38.2 Å². The van der Waals surface area contributed by atoms with E-state index in [0.29, 0.717) is 22.8 Å². The monoisotopic (exact) mass is 391 g/mol. The van der Waals surface area contributed by atoms with Crippen molar-refractivity contribution in [2.24, 2.45) is 0 Å². The highest BCUT2D eigenvalue weighted by atomic mass is 16.5. The average Bonchev–Trinajstić information content (AvgIpc) is 3.00. The van der Waals surface area contributed by atoms with Crippen LogP contribution in [0.15, 0.2) is 18.2 Å². The number of methoxy groups -OCH3 is 3. The average molecular weight is 391 g/mol. The fourth-order valence-electron chi connectivity index (χ4n) is 3.15. The Morgan fingerprint density at radius 2 is 1.50 bits per heavy atom. The smallest absolute Gasteiger partial charge is 0.331 e. The first-order valence-electron chi connectivity index (χ1n) is 9.47. The summed E-state index contributed by atoms with van der Waals surface area (Å²) < 4.78 is 21.1. The Morgan fingerprint density at radius 1 is 0.929 bits per heavy atom. The summed E-state index contributed by atoms with van der Waals surface area (Å²) in [5.41, 5.74) is 0.628. The van der Waals surface area contributed by atoms with Gasteiger partial charge in [0.2, 0.25) is 0 Å². The third-order valence-electron chi connectivity index (χ3n) is 4.69. The summed E-state index contributed by atoms with van der Waals surface area (Å²) in [6.45, 7) is 3.05. The van der Waals surface area contributed by atoms with E-state index >= 15 is 0 Å². The second kappa shape index (κ2) is 10.6. The lowest BCUT2D eigenvalue weighted by Gasteiger charge is -2.23. The molecule has 0 aromatic heterocycles. The fraction of sp³-hybridized carbons (Fsp3) is 0.524. The molecule has 1 aliphatic rings. The van der Waals surface area contributed by atoms with Gasteiger partial charge in [-0.3, -0.25) is 4.79 Å². The van der Waals surface area contributed by atoms with Crippen LogP contribution in [-0.2, 0) is 14.3 Å². The van der Waals surface area contributed by atoms with Crippen LogP contribution in [-0.4, -0.2) is 57.3 Å². The first-order chi connectivity index (χ1) is 13.5. The maximum atomic E-state index is 12.5. The van der Waals surface area contributed by atoms with Gasteiger partial charge in [-0.25, -0.2) is 4.79 Å². The number of carbonyl (C=O) groups is 2. The predicted octanol–water partition coefficient (Wildman–Crippen LogP) is 3.06. The topological polar surface area (TPSA) is 74.3 Å². The molecule has 0 spiro atoms. The second-order valence-electron chi connectivity index (χ2n) is 6.60. The summed E-state index contributed by atoms with van der Waals surface area (Å²) in [4.78, 5) is 26.5. The Morgan fingerprint density at radius 3 is 2.07 bits per heavy atom. The van der Waals surface area contributed by atoms with Crippen LogP contribution >= 0.6 is 0 Å². The molecule has 1 heterocycles. The lowest BCUT2D eigenvalue weighted by atomic mass is 10.1. The molecule has 1 amide bonds. The zero-order valence-corrected chi connectivity index (χ0v) is 17.0. The van der Waals surface area contributed by atoms with E-state index in [2.05, 4.69) is 0 Å². The minimum Gasteiger partial charge on any atom is -0.496 e. The maximum Gasteiger partial charge on any atom is 0.331 e. The van der Waals surface area contributed by atoms with E-state index in [1.165, 1.54) is 27.4 Å². The number of nitrogens with zero attached hydrogens (tertiary/aromatic N) is 1. The first kappa shape index (κ1) is 21.6. The molecule has 1 atom stereocenters. The summed E-state index contributed by atoms with van der Waals surface area (Å²) in [6, 6.07) is 3.38. The second-order valence-corrected chi connectivity index (χ2v) is 6.60. The van der Waals surface area contributed by atoms with E-state index < -0.39 is 12.1 Å². The standard InChI is InChI=1S/C21H29NO6/c1-15(21(24)22-11-7-5-6-8-12-22)28-20(23)10-9-16-13-18(26-3)19(27-4)14-17(16)25-2/h9-10,13-15H,5-8,11-12H2,1-4H3/b10-9+. The number of rotatable bonds is 7. The molecule has 7 nitrogen and oxygen atoms in total. The number of amides is 1. The van der Waals surface area contributed by atoms with Gasteiger partial charge < -0.3 is 23.8 Å². The third-order valence-corrected chi connectivity index (χ3v) is 4.69. The van der Waals surface area contributed by atoms with Crippen LogP contribution in [0, 0.1) is 0 Å². The molecule has 1 unspecified atom stereocenters. The number of esters is 1. The van der Waals surface area contributed by atoms with Crippen LogP contribution in [0.4, 0.5) is 0 Å². The molecule has 0 N–H and O–H groups in total. The molecule has 0 aliphatic carbocycles. The van der Waals surface area contributed by atoms with Crippen LogP contribution in [0.2, 0.25) is 0 Å². The zero-order valence-electron chi connectivity index (χ0n) is 17.0. The van der Waals surface area contributed by atoms with Gasteiger partial charge in [0, 0.05) is 30.8 Å². The molecule has 7 heteroatoms. The van der Waals surface area contributed by atoms with Crippen LogP contribution in [0.25, 0.3) is 6.08 Å². The van der Waals surface area contributed by atoms with E-state index in [1.54, 1.807) is 30.0 Å². The molecule has 154 valence electrons.